The lowest BCUT2D eigenvalue weighted by atomic mass is 10.2. The van der Waals surface area contributed by atoms with Gasteiger partial charge in [0.05, 0.1) is 0 Å². The van der Waals surface area contributed by atoms with E-state index in [1.54, 1.807) is 45.1 Å². The molecule has 0 saturated heterocycles. The maximum atomic E-state index is 11.6. The highest BCUT2D eigenvalue weighted by molar-refractivity contribution is 6.30. The number of ether oxygens (including phenoxy) is 1. The van der Waals surface area contributed by atoms with Gasteiger partial charge in [-0.25, -0.2) is 9.59 Å². The molecule has 0 aliphatic heterocycles. The molecule has 0 fully saturated rings. The van der Waals surface area contributed by atoms with Crippen molar-refractivity contribution in [3.8, 4) is 0 Å². The molecule has 3 N–H and O–H groups in total. The standard InChI is InChI=1S/C17H24ClN3O3/c1-17(2,3)24-16(23)20-10-5-4-9-19-15(22)21-12-13-7-6-8-14(18)11-13/h4-8,11H,9-10,12H2,1-3H3,(H,20,23)(H2,19,21,22)/b5-4+. The van der Waals surface area contributed by atoms with Crippen LogP contribution in [0.5, 0.6) is 0 Å². The highest BCUT2D eigenvalue weighted by Crippen LogP contribution is 2.10. The molecule has 0 atom stereocenters. The second-order valence-electron chi connectivity index (χ2n) is 6.05. The number of carbonyl (C=O) groups excluding carboxylic acids is 2. The third-order valence-electron chi connectivity index (χ3n) is 2.65. The first kappa shape index (κ1) is 19.8. The Labute approximate surface area is 147 Å². The molecule has 0 spiro atoms. The fourth-order valence-corrected chi connectivity index (χ4v) is 1.88. The van der Waals surface area contributed by atoms with Crippen LogP contribution in [-0.2, 0) is 11.3 Å². The molecule has 1 aromatic rings. The predicted octanol–water partition coefficient (Wildman–Crippen LogP) is 3.22. The smallest absolute Gasteiger partial charge is 0.407 e. The molecule has 0 radical (unpaired) electrons. The summed E-state index contributed by atoms with van der Waals surface area (Å²) in [6, 6.07) is 7.01. The lowest BCUT2D eigenvalue weighted by molar-refractivity contribution is 0.0534. The first-order chi connectivity index (χ1) is 11.3. The topological polar surface area (TPSA) is 79.5 Å². The zero-order valence-electron chi connectivity index (χ0n) is 14.2. The third kappa shape index (κ3) is 9.74. The van der Waals surface area contributed by atoms with Crippen LogP contribution in [0.15, 0.2) is 36.4 Å². The maximum Gasteiger partial charge on any atom is 0.407 e. The van der Waals surface area contributed by atoms with E-state index in [-0.39, 0.29) is 6.03 Å². The van der Waals surface area contributed by atoms with Crippen molar-refractivity contribution < 1.29 is 14.3 Å². The summed E-state index contributed by atoms with van der Waals surface area (Å²) in [6.45, 7) is 6.49. The van der Waals surface area contributed by atoms with Gasteiger partial charge >= 0.3 is 12.1 Å². The Bertz CT molecular complexity index is 583. The van der Waals surface area contributed by atoms with Crippen LogP contribution in [0.1, 0.15) is 26.3 Å². The molecule has 0 bridgehead atoms. The molecule has 0 unspecified atom stereocenters. The predicted molar refractivity (Wildman–Crippen MR) is 95.1 cm³/mol. The Hall–Kier alpha value is -2.21. The molecule has 0 aromatic heterocycles. The Morgan fingerprint density at radius 3 is 2.42 bits per heavy atom. The van der Waals surface area contributed by atoms with E-state index in [4.69, 9.17) is 16.3 Å². The van der Waals surface area contributed by atoms with Crippen molar-refractivity contribution in [1.29, 1.82) is 0 Å². The molecule has 0 heterocycles. The molecule has 1 rings (SSSR count). The summed E-state index contributed by atoms with van der Waals surface area (Å²) in [5, 5.41) is 8.63. The second-order valence-corrected chi connectivity index (χ2v) is 6.48. The fourth-order valence-electron chi connectivity index (χ4n) is 1.67. The number of amides is 3. The summed E-state index contributed by atoms with van der Waals surface area (Å²) in [4.78, 5) is 23.0. The minimum absolute atomic E-state index is 0.278. The lowest BCUT2D eigenvalue weighted by Gasteiger charge is -2.19. The van der Waals surface area contributed by atoms with E-state index in [9.17, 15) is 9.59 Å². The van der Waals surface area contributed by atoms with Crippen molar-refractivity contribution in [3.05, 3.63) is 47.0 Å². The van der Waals surface area contributed by atoms with Crippen molar-refractivity contribution in [1.82, 2.24) is 16.0 Å². The van der Waals surface area contributed by atoms with Gasteiger partial charge in [0.25, 0.3) is 0 Å². The van der Waals surface area contributed by atoms with E-state index in [1.807, 2.05) is 12.1 Å². The van der Waals surface area contributed by atoms with Gasteiger partial charge in [-0.3, -0.25) is 0 Å². The van der Waals surface area contributed by atoms with Crippen molar-refractivity contribution in [3.63, 3.8) is 0 Å². The number of nitrogens with one attached hydrogen (secondary N) is 3. The zero-order valence-corrected chi connectivity index (χ0v) is 14.9. The Kier molecular flexibility index (Phi) is 8.12. The van der Waals surface area contributed by atoms with E-state index < -0.39 is 11.7 Å². The second kappa shape index (κ2) is 9.82. The number of urea groups is 1. The van der Waals surface area contributed by atoms with Gasteiger partial charge < -0.3 is 20.7 Å². The molecule has 0 aliphatic rings. The van der Waals surface area contributed by atoms with E-state index >= 15 is 0 Å². The van der Waals surface area contributed by atoms with Gasteiger partial charge in [-0.2, -0.15) is 0 Å². The van der Waals surface area contributed by atoms with Crippen LogP contribution >= 0.6 is 11.6 Å². The van der Waals surface area contributed by atoms with E-state index in [2.05, 4.69) is 16.0 Å². The van der Waals surface area contributed by atoms with Gasteiger partial charge in [0.2, 0.25) is 0 Å². The normalized spacial score (nSPS) is 11.2. The molecule has 1 aromatic carbocycles. The largest absolute Gasteiger partial charge is 0.444 e. The van der Waals surface area contributed by atoms with Crippen LogP contribution in [0.2, 0.25) is 5.02 Å². The van der Waals surface area contributed by atoms with Gasteiger partial charge in [0, 0.05) is 24.7 Å². The maximum absolute atomic E-state index is 11.6. The molecule has 132 valence electrons. The molecule has 24 heavy (non-hydrogen) atoms. The van der Waals surface area contributed by atoms with Crippen LogP contribution in [0, 0.1) is 0 Å². The molecule has 0 aliphatic carbocycles. The molecule has 7 heteroatoms. The first-order valence-corrected chi connectivity index (χ1v) is 8.02. The van der Waals surface area contributed by atoms with Crippen LogP contribution in [0.25, 0.3) is 0 Å². The van der Waals surface area contributed by atoms with Crippen LogP contribution < -0.4 is 16.0 Å². The quantitative estimate of drug-likeness (QED) is 0.687. The monoisotopic (exact) mass is 353 g/mol. The zero-order chi connectivity index (χ0) is 18.0. The Morgan fingerprint density at radius 1 is 1.12 bits per heavy atom. The van der Waals surface area contributed by atoms with Crippen molar-refractivity contribution in [2.75, 3.05) is 13.1 Å². The number of hydrogen-bond acceptors (Lipinski definition) is 3. The average Bonchev–Trinajstić information content (AvgIpc) is 2.47. The van der Waals surface area contributed by atoms with Crippen LogP contribution in [-0.4, -0.2) is 30.8 Å². The number of halogens is 1. The number of benzene rings is 1. The number of hydrogen-bond donors (Lipinski definition) is 3. The summed E-state index contributed by atoms with van der Waals surface area (Å²) < 4.78 is 5.09. The number of rotatable bonds is 6. The molecular formula is C17H24ClN3O3. The van der Waals surface area contributed by atoms with Crippen molar-refractivity contribution >= 4 is 23.7 Å². The first-order valence-electron chi connectivity index (χ1n) is 7.64. The lowest BCUT2D eigenvalue weighted by Crippen LogP contribution is -2.35. The number of alkyl carbamates (subject to hydrolysis) is 1. The summed E-state index contributed by atoms with van der Waals surface area (Å²) >= 11 is 5.87. The SMILES string of the molecule is CC(C)(C)OC(=O)NC/C=C/CNC(=O)NCc1cccc(Cl)c1. The molecule has 6 nitrogen and oxygen atoms in total. The van der Waals surface area contributed by atoms with Gasteiger partial charge in [-0.15, -0.1) is 0 Å². The molecule has 3 amide bonds. The van der Waals surface area contributed by atoms with E-state index in [0.717, 1.165) is 5.56 Å². The van der Waals surface area contributed by atoms with E-state index in [1.165, 1.54) is 0 Å². The van der Waals surface area contributed by atoms with Crippen LogP contribution in [0.4, 0.5) is 9.59 Å². The Balaban J connectivity index is 2.13. The fraction of sp³-hybridized carbons (Fsp3) is 0.412. The minimum Gasteiger partial charge on any atom is -0.444 e. The highest BCUT2D eigenvalue weighted by atomic mass is 35.5. The van der Waals surface area contributed by atoms with Crippen molar-refractivity contribution in [2.45, 2.75) is 32.9 Å². The summed E-state index contributed by atoms with van der Waals surface area (Å²) in [7, 11) is 0. The van der Waals surface area contributed by atoms with Crippen molar-refractivity contribution in [2.24, 2.45) is 0 Å². The Morgan fingerprint density at radius 2 is 1.79 bits per heavy atom. The molecule has 0 saturated carbocycles. The average molecular weight is 354 g/mol. The minimum atomic E-state index is -0.517. The van der Waals surface area contributed by atoms with E-state index in [0.29, 0.717) is 24.7 Å². The van der Waals surface area contributed by atoms with Crippen LogP contribution in [0.3, 0.4) is 0 Å². The van der Waals surface area contributed by atoms with Gasteiger partial charge in [0.15, 0.2) is 0 Å². The number of carbonyl (C=O) groups is 2. The van der Waals surface area contributed by atoms with Gasteiger partial charge in [-0.05, 0) is 38.5 Å². The highest BCUT2D eigenvalue weighted by Gasteiger charge is 2.14. The third-order valence-corrected chi connectivity index (χ3v) is 2.89. The summed E-state index contributed by atoms with van der Waals surface area (Å²) in [5.74, 6) is 0. The summed E-state index contributed by atoms with van der Waals surface area (Å²) in [6.07, 6.45) is 3.01. The van der Waals surface area contributed by atoms with Gasteiger partial charge in [-0.1, -0.05) is 35.9 Å². The van der Waals surface area contributed by atoms with Gasteiger partial charge in [0.1, 0.15) is 5.60 Å². The summed E-state index contributed by atoms with van der Waals surface area (Å²) in [5.41, 5.74) is 0.408. The molecular weight excluding hydrogens is 330 g/mol.